The predicted molar refractivity (Wildman–Crippen MR) is 67.5 cm³/mol. The second-order valence-corrected chi connectivity index (χ2v) is 6.63. The number of non-ortho nitro benzene ring substituents is 1. The zero-order chi connectivity index (χ0) is 14.0. The molecule has 1 aromatic rings. The molecule has 0 saturated heterocycles. The number of carbonyl (C=O) groups excluding carboxylic acids is 1. The molecule has 0 aliphatic heterocycles. The van der Waals surface area contributed by atoms with Gasteiger partial charge >= 0.3 is 0 Å². The largest absolute Gasteiger partial charge is 0.298 e. The average Bonchev–Trinajstić information content (AvgIpc) is 2.39. The van der Waals surface area contributed by atoms with E-state index in [0.717, 1.165) is 18.6 Å². The molecule has 0 heterocycles. The number of nitrogens with zero attached hydrogens (tertiary/aromatic N) is 1. The maximum atomic E-state index is 12.3. The molecule has 0 N–H and O–H groups in total. The van der Waals surface area contributed by atoms with E-state index in [2.05, 4.69) is 0 Å². The molecule has 1 aliphatic carbocycles. The number of sulfone groups is 1. The van der Waals surface area contributed by atoms with Crippen molar-refractivity contribution in [1.29, 1.82) is 0 Å². The number of ketones is 1. The van der Waals surface area contributed by atoms with Gasteiger partial charge in [-0.2, -0.15) is 0 Å². The van der Waals surface area contributed by atoms with Crippen molar-refractivity contribution in [3.63, 3.8) is 0 Å². The van der Waals surface area contributed by atoms with Gasteiger partial charge in [-0.05, 0) is 25.0 Å². The van der Waals surface area contributed by atoms with Crippen molar-refractivity contribution in [3.05, 3.63) is 34.4 Å². The number of carbonyl (C=O) groups is 1. The standard InChI is InChI=1S/C12H13NO5S/c14-11-3-1-2-4-12(11)19(17,18)10-7-5-9(6-8-10)13(15)16/h5-8,12H,1-4H2. The first-order chi connectivity index (χ1) is 8.93. The lowest BCUT2D eigenvalue weighted by molar-refractivity contribution is -0.384. The van der Waals surface area contributed by atoms with Crippen LogP contribution in [0.5, 0.6) is 0 Å². The first-order valence-electron chi connectivity index (χ1n) is 5.94. The number of rotatable bonds is 3. The SMILES string of the molecule is O=C1CCCCC1S(=O)(=O)c1ccc([N+](=O)[O-])cc1. The van der Waals surface area contributed by atoms with Crippen molar-refractivity contribution >= 4 is 21.3 Å². The van der Waals surface area contributed by atoms with Gasteiger partial charge in [-0.25, -0.2) is 8.42 Å². The highest BCUT2D eigenvalue weighted by Crippen LogP contribution is 2.27. The quantitative estimate of drug-likeness (QED) is 0.623. The van der Waals surface area contributed by atoms with Gasteiger partial charge < -0.3 is 0 Å². The molecule has 0 aromatic heterocycles. The molecule has 1 saturated carbocycles. The van der Waals surface area contributed by atoms with E-state index >= 15 is 0 Å². The Balaban J connectivity index is 2.33. The van der Waals surface area contributed by atoms with Crippen LogP contribution in [-0.2, 0) is 14.6 Å². The van der Waals surface area contributed by atoms with E-state index in [1.165, 1.54) is 12.1 Å². The van der Waals surface area contributed by atoms with Gasteiger partial charge in [0, 0.05) is 18.6 Å². The number of hydrogen-bond acceptors (Lipinski definition) is 5. The van der Waals surface area contributed by atoms with Gasteiger partial charge in [0.25, 0.3) is 5.69 Å². The summed E-state index contributed by atoms with van der Waals surface area (Å²) in [4.78, 5) is 21.6. The lowest BCUT2D eigenvalue weighted by Gasteiger charge is -2.20. The second-order valence-electron chi connectivity index (χ2n) is 4.50. The Labute approximate surface area is 110 Å². The molecule has 1 fully saturated rings. The van der Waals surface area contributed by atoms with Crippen molar-refractivity contribution in [2.45, 2.75) is 35.8 Å². The van der Waals surface area contributed by atoms with E-state index in [0.29, 0.717) is 12.8 Å². The Morgan fingerprint density at radius 1 is 1.16 bits per heavy atom. The number of benzene rings is 1. The summed E-state index contributed by atoms with van der Waals surface area (Å²) in [6.45, 7) is 0. The molecule has 0 bridgehead atoms. The monoisotopic (exact) mass is 283 g/mol. The summed E-state index contributed by atoms with van der Waals surface area (Å²) in [5.74, 6) is -0.260. The first kappa shape index (κ1) is 13.7. The van der Waals surface area contributed by atoms with Gasteiger partial charge in [-0.1, -0.05) is 6.42 Å². The summed E-state index contributed by atoms with van der Waals surface area (Å²) < 4.78 is 24.6. The third kappa shape index (κ3) is 2.65. The van der Waals surface area contributed by atoms with Crippen LogP contribution in [0.25, 0.3) is 0 Å². The topological polar surface area (TPSA) is 94.3 Å². The van der Waals surface area contributed by atoms with Gasteiger partial charge in [0.15, 0.2) is 15.6 Å². The zero-order valence-electron chi connectivity index (χ0n) is 10.1. The molecular formula is C12H13NO5S. The zero-order valence-corrected chi connectivity index (χ0v) is 10.9. The average molecular weight is 283 g/mol. The van der Waals surface area contributed by atoms with Crippen LogP contribution in [0.1, 0.15) is 25.7 Å². The van der Waals surface area contributed by atoms with Gasteiger partial charge in [-0.3, -0.25) is 14.9 Å². The summed E-state index contributed by atoms with van der Waals surface area (Å²) in [6.07, 6.45) is 2.06. The normalized spacial score (nSPS) is 20.2. The number of hydrogen-bond donors (Lipinski definition) is 0. The molecule has 0 radical (unpaired) electrons. The summed E-state index contributed by atoms with van der Waals surface area (Å²) >= 11 is 0. The minimum atomic E-state index is -3.73. The molecule has 2 rings (SSSR count). The minimum Gasteiger partial charge on any atom is -0.298 e. The number of Topliss-reactive ketones (excluding diaryl/α,β-unsaturated/α-hetero) is 1. The van der Waals surface area contributed by atoms with Crippen LogP contribution in [0.4, 0.5) is 5.69 Å². The van der Waals surface area contributed by atoms with Gasteiger partial charge in [0.1, 0.15) is 5.25 Å². The van der Waals surface area contributed by atoms with Gasteiger partial charge in [0.05, 0.1) is 9.82 Å². The minimum absolute atomic E-state index is 0.0293. The van der Waals surface area contributed by atoms with Crippen LogP contribution in [0, 0.1) is 10.1 Å². The highest BCUT2D eigenvalue weighted by molar-refractivity contribution is 7.92. The smallest absolute Gasteiger partial charge is 0.269 e. The molecule has 6 nitrogen and oxygen atoms in total. The highest BCUT2D eigenvalue weighted by Gasteiger charge is 2.35. The van der Waals surface area contributed by atoms with Crippen LogP contribution >= 0.6 is 0 Å². The van der Waals surface area contributed by atoms with Crippen LogP contribution in [0.2, 0.25) is 0 Å². The fraction of sp³-hybridized carbons (Fsp3) is 0.417. The maximum absolute atomic E-state index is 12.3. The molecule has 7 heteroatoms. The highest BCUT2D eigenvalue weighted by atomic mass is 32.2. The van der Waals surface area contributed by atoms with E-state index in [-0.39, 0.29) is 22.8 Å². The maximum Gasteiger partial charge on any atom is 0.269 e. The van der Waals surface area contributed by atoms with Gasteiger partial charge in [0.2, 0.25) is 0 Å². The van der Waals surface area contributed by atoms with Crippen LogP contribution in [0.3, 0.4) is 0 Å². The molecule has 1 aliphatic rings. The summed E-state index contributed by atoms with van der Waals surface area (Å²) in [6, 6.07) is 4.66. The molecule has 0 spiro atoms. The molecule has 1 atom stereocenters. The van der Waals surface area contributed by atoms with Crippen molar-refractivity contribution in [2.75, 3.05) is 0 Å². The number of nitro benzene ring substituents is 1. The van der Waals surface area contributed by atoms with Crippen LogP contribution in [-0.4, -0.2) is 24.4 Å². The lowest BCUT2D eigenvalue weighted by Crippen LogP contribution is -2.33. The third-order valence-corrected chi connectivity index (χ3v) is 5.43. The van der Waals surface area contributed by atoms with Crippen molar-refractivity contribution in [3.8, 4) is 0 Å². The third-order valence-electron chi connectivity index (χ3n) is 3.25. The Morgan fingerprint density at radius 3 is 2.32 bits per heavy atom. The van der Waals surface area contributed by atoms with E-state index in [4.69, 9.17) is 0 Å². The fourth-order valence-corrected chi connectivity index (χ4v) is 3.99. The summed E-state index contributed by atoms with van der Waals surface area (Å²) in [7, 11) is -3.73. The van der Waals surface area contributed by atoms with E-state index in [9.17, 15) is 23.3 Å². The molecule has 0 amide bonds. The molecule has 1 aromatic carbocycles. The molecular weight excluding hydrogens is 270 g/mol. The summed E-state index contributed by atoms with van der Waals surface area (Å²) in [5, 5.41) is 9.52. The Morgan fingerprint density at radius 2 is 1.79 bits per heavy atom. The van der Waals surface area contributed by atoms with Crippen LogP contribution < -0.4 is 0 Å². The molecule has 19 heavy (non-hydrogen) atoms. The van der Waals surface area contributed by atoms with E-state index in [1.54, 1.807) is 0 Å². The summed E-state index contributed by atoms with van der Waals surface area (Å²) in [5.41, 5.74) is -0.172. The first-order valence-corrected chi connectivity index (χ1v) is 7.48. The Kier molecular flexibility index (Phi) is 3.66. The molecule has 1 unspecified atom stereocenters. The van der Waals surface area contributed by atoms with Crippen LogP contribution in [0.15, 0.2) is 29.2 Å². The van der Waals surface area contributed by atoms with Crippen molar-refractivity contribution in [1.82, 2.24) is 0 Å². The Bertz CT molecular complexity index is 606. The second kappa shape index (κ2) is 5.08. The molecule has 102 valence electrons. The number of nitro groups is 1. The van der Waals surface area contributed by atoms with E-state index < -0.39 is 20.0 Å². The van der Waals surface area contributed by atoms with Crippen molar-refractivity contribution in [2.24, 2.45) is 0 Å². The van der Waals surface area contributed by atoms with Crippen molar-refractivity contribution < 1.29 is 18.1 Å². The van der Waals surface area contributed by atoms with E-state index in [1.807, 2.05) is 0 Å². The predicted octanol–water partition coefficient (Wildman–Crippen LogP) is 1.88. The fourth-order valence-electron chi connectivity index (χ4n) is 2.20. The Hall–Kier alpha value is -1.76. The lowest BCUT2D eigenvalue weighted by atomic mass is 9.99. The van der Waals surface area contributed by atoms with Gasteiger partial charge in [-0.15, -0.1) is 0 Å².